The molecule has 3 aromatic carbocycles. The Morgan fingerprint density at radius 2 is 1.74 bits per heavy atom. The lowest BCUT2D eigenvalue weighted by molar-refractivity contribution is -0.125. The van der Waals surface area contributed by atoms with E-state index in [4.69, 9.17) is 0 Å². The first-order valence-corrected chi connectivity index (χ1v) is 11.5. The molecule has 5 nitrogen and oxygen atoms in total. The topological polar surface area (TPSA) is 66.5 Å². The number of aryl methyl sites for hydroxylation is 1. The van der Waals surface area contributed by atoms with Gasteiger partial charge in [0.05, 0.1) is 4.90 Å². The molecular formula is C24H23FN2O3S. The second kappa shape index (κ2) is 8.61. The molecule has 31 heavy (non-hydrogen) atoms. The molecule has 3 aromatic rings. The van der Waals surface area contributed by atoms with Gasteiger partial charge in [0.25, 0.3) is 0 Å². The van der Waals surface area contributed by atoms with Crippen molar-refractivity contribution in [3.05, 3.63) is 101 Å². The molecule has 0 bridgehead atoms. The summed E-state index contributed by atoms with van der Waals surface area (Å²) in [7, 11) is -3.89. The number of halogens is 1. The molecule has 0 spiro atoms. The summed E-state index contributed by atoms with van der Waals surface area (Å²) in [5, 5.41) is 2.78. The molecule has 1 amide bonds. The van der Waals surface area contributed by atoms with Gasteiger partial charge in [0.1, 0.15) is 11.9 Å². The van der Waals surface area contributed by atoms with Crippen LogP contribution >= 0.6 is 0 Å². The lowest BCUT2D eigenvalue weighted by Crippen LogP contribution is -2.52. The van der Waals surface area contributed by atoms with E-state index in [-0.39, 0.29) is 30.2 Å². The van der Waals surface area contributed by atoms with Crippen LogP contribution < -0.4 is 5.32 Å². The van der Waals surface area contributed by atoms with Gasteiger partial charge in [-0.1, -0.05) is 54.1 Å². The van der Waals surface area contributed by atoms with E-state index in [2.05, 4.69) is 5.32 Å². The number of nitrogens with zero attached hydrogens (tertiary/aromatic N) is 1. The monoisotopic (exact) mass is 438 g/mol. The first-order valence-electron chi connectivity index (χ1n) is 10.0. The highest BCUT2D eigenvalue weighted by molar-refractivity contribution is 7.89. The molecule has 0 saturated carbocycles. The summed E-state index contributed by atoms with van der Waals surface area (Å²) in [5.74, 6) is -0.795. The van der Waals surface area contributed by atoms with Gasteiger partial charge in [0.2, 0.25) is 15.9 Å². The Morgan fingerprint density at radius 3 is 2.45 bits per heavy atom. The molecule has 0 saturated heterocycles. The van der Waals surface area contributed by atoms with Crippen LogP contribution in [-0.2, 0) is 34.3 Å². The molecule has 160 valence electrons. The minimum absolute atomic E-state index is 0.116. The average Bonchev–Trinajstić information content (AvgIpc) is 2.77. The predicted octanol–water partition coefficient (Wildman–Crippen LogP) is 3.57. The van der Waals surface area contributed by atoms with Crippen LogP contribution in [0.2, 0.25) is 0 Å². The zero-order valence-electron chi connectivity index (χ0n) is 17.1. The Bertz CT molecular complexity index is 1210. The van der Waals surface area contributed by atoms with Crippen LogP contribution in [-0.4, -0.2) is 24.7 Å². The third-order valence-corrected chi connectivity index (χ3v) is 7.36. The number of hydrogen-bond donors (Lipinski definition) is 1. The van der Waals surface area contributed by atoms with Gasteiger partial charge in [-0.05, 0) is 54.3 Å². The number of fused-ring (bicyclic) bond motifs is 1. The Morgan fingerprint density at radius 1 is 1.03 bits per heavy atom. The first-order chi connectivity index (χ1) is 14.8. The zero-order chi connectivity index (χ0) is 22.0. The molecule has 0 aromatic heterocycles. The van der Waals surface area contributed by atoms with Gasteiger partial charge in [-0.2, -0.15) is 4.31 Å². The molecule has 1 atom stereocenters. The molecule has 1 N–H and O–H groups in total. The van der Waals surface area contributed by atoms with Crippen molar-refractivity contribution in [1.82, 2.24) is 9.62 Å². The fourth-order valence-corrected chi connectivity index (χ4v) is 5.34. The van der Waals surface area contributed by atoms with Crippen LogP contribution in [0.3, 0.4) is 0 Å². The molecule has 0 unspecified atom stereocenters. The Hall–Kier alpha value is -3.03. The Balaban J connectivity index is 1.64. The van der Waals surface area contributed by atoms with Crippen LogP contribution in [0.4, 0.5) is 4.39 Å². The maximum atomic E-state index is 13.4. The van der Waals surface area contributed by atoms with Gasteiger partial charge in [-0.15, -0.1) is 0 Å². The minimum atomic E-state index is -3.89. The van der Waals surface area contributed by atoms with Gasteiger partial charge >= 0.3 is 0 Å². The maximum absolute atomic E-state index is 13.4. The summed E-state index contributed by atoms with van der Waals surface area (Å²) >= 11 is 0. The maximum Gasteiger partial charge on any atom is 0.244 e. The van der Waals surface area contributed by atoms with Gasteiger partial charge in [0.15, 0.2) is 0 Å². The summed E-state index contributed by atoms with van der Waals surface area (Å²) < 4.78 is 41.6. The van der Waals surface area contributed by atoms with Crippen molar-refractivity contribution in [2.75, 3.05) is 0 Å². The van der Waals surface area contributed by atoms with Crippen molar-refractivity contribution in [3.8, 4) is 0 Å². The second-order valence-corrected chi connectivity index (χ2v) is 9.59. The minimum Gasteiger partial charge on any atom is -0.351 e. The largest absolute Gasteiger partial charge is 0.351 e. The van der Waals surface area contributed by atoms with Crippen molar-refractivity contribution in [3.63, 3.8) is 0 Å². The number of sulfonamides is 1. The molecule has 4 rings (SSSR count). The fraction of sp³-hybridized carbons (Fsp3) is 0.208. The average molecular weight is 439 g/mol. The second-order valence-electron chi connectivity index (χ2n) is 7.70. The highest BCUT2D eigenvalue weighted by atomic mass is 32.2. The van der Waals surface area contributed by atoms with E-state index in [9.17, 15) is 17.6 Å². The molecule has 1 heterocycles. The molecular weight excluding hydrogens is 415 g/mol. The molecule has 0 radical (unpaired) electrons. The lowest BCUT2D eigenvalue weighted by Gasteiger charge is -2.35. The van der Waals surface area contributed by atoms with E-state index >= 15 is 0 Å². The zero-order valence-corrected chi connectivity index (χ0v) is 17.9. The van der Waals surface area contributed by atoms with Crippen molar-refractivity contribution in [2.45, 2.75) is 37.4 Å². The number of carbonyl (C=O) groups excluding carboxylic acids is 1. The lowest BCUT2D eigenvalue weighted by atomic mass is 9.95. The van der Waals surface area contributed by atoms with Crippen molar-refractivity contribution >= 4 is 15.9 Å². The van der Waals surface area contributed by atoms with Gasteiger partial charge in [-0.25, -0.2) is 12.8 Å². The fourth-order valence-electron chi connectivity index (χ4n) is 3.77. The molecule has 0 aliphatic carbocycles. The number of benzene rings is 3. The van der Waals surface area contributed by atoms with E-state index in [1.54, 1.807) is 36.4 Å². The SMILES string of the molecule is Cc1ccc(S(=O)(=O)N2Cc3ccccc3C[C@H]2C(=O)NCc2cccc(F)c2)cc1. The van der Waals surface area contributed by atoms with Crippen molar-refractivity contribution in [2.24, 2.45) is 0 Å². The molecule has 7 heteroatoms. The standard InChI is InChI=1S/C24H23FN2O3S/c1-17-9-11-22(12-10-17)31(29,30)27-16-20-7-3-2-6-19(20)14-23(27)24(28)26-15-18-5-4-8-21(25)13-18/h2-13,23H,14-16H2,1H3,(H,26,28)/t23-/m0/s1. The van der Waals surface area contributed by atoms with E-state index < -0.39 is 22.0 Å². The highest BCUT2D eigenvalue weighted by Gasteiger charge is 2.39. The summed E-state index contributed by atoms with van der Waals surface area (Å²) in [6.45, 7) is 2.12. The van der Waals surface area contributed by atoms with Crippen LogP contribution in [0.15, 0.2) is 77.7 Å². The number of nitrogens with one attached hydrogen (secondary N) is 1. The number of rotatable bonds is 5. The first kappa shape index (κ1) is 21.2. The summed E-state index contributed by atoms with van der Waals surface area (Å²) in [5.41, 5.74) is 3.39. The van der Waals surface area contributed by atoms with Crippen LogP contribution in [0.1, 0.15) is 22.3 Å². The van der Waals surface area contributed by atoms with Crippen LogP contribution in [0.5, 0.6) is 0 Å². The number of amides is 1. The third kappa shape index (κ3) is 4.52. The van der Waals surface area contributed by atoms with E-state index in [0.717, 1.165) is 16.7 Å². The highest BCUT2D eigenvalue weighted by Crippen LogP contribution is 2.29. The smallest absolute Gasteiger partial charge is 0.244 e. The van der Waals surface area contributed by atoms with Crippen LogP contribution in [0.25, 0.3) is 0 Å². The van der Waals surface area contributed by atoms with Crippen molar-refractivity contribution < 1.29 is 17.6 Å². The summed E-state index contributed by atoms with van der Waals surface area (Å²) in [6.07, 6.45) is 0.274. The van der Waals surface area contributed by atoms with E-state index in [1.165, 1.54) is 16.4 Å². The Kier molecular flexibility index (Phi) is 5.89. The van der Waals surface area contributed by atoms with E-state index in [1.807, 2.05) is 31.2 Å². The number of hydrogen-bond acceptors (Lipinski definition) is 3. The van der Waals surface area contributed by atoms with Gasteiger partial charge in [0, 0.05) is 13.1 Å². The summed E-state index contributed by atoms with van der Waals surface area (Å²) in [4.78, 5) is 13.3. The third-order valence-electron chi connectivity index (χ3n) is 5.49. The quantitative estimate of drug-likeness (QED) is 0.662. The normalized spacial score (nSPS) is 16.5. The van der Waals surface area contributed by atoms with Gasteiger partial charge in [-0.3, -0.25) is 4.79 Å². The number of carbonyl (C=O) groups is 1. The predicted molar refractivity (Wildman–Crippen MR) is 116 cm³/mol. The van der Waals surface area contributed by atoms with Crippen LogP contribution in [0, 0.1) is 12.7 Å². The molecule has 1 aliphatic rings. The van der Waals surface area contributed by atoms with E-state index in [0.29, 0.717) is 5.56 Å². The Labute approximate surface area is 181 Å². The van der Waals surface area contributed by atoms with Gasteiger partial charge < -0.3 is 5.32 Å². The molecule has 0 fully saturated rings. The molecule has 1 aliphatic heterocycles. The van der Waals surface area contributed by atoms with Crippen molar-refractivity contribution in [1.29, 1.82) is 0 Å². The summed E-state index contributed by atoms with van der Waals surface area (Å²) in [6, 6.07) is 19.2.